The molecule has 1 aliphatic heterocycles. The van der Waals surface area contributed by atoms with Crippen LogP contribution in [-0.2, 0) is 14.3 Å². The number of carbonyl (C=O) groups is 1. The van der Waals surface area contributed by atoms with Crippen molar-refractivity contribution in [1.29, 1.82) is 0 Å². The zero-order chi connectivity index (χ0) is 9.84. The number of alkyl halides is 1. The van der Waals surface area contributed by atoms with E-state index in [4.69, 9.17) is 21.1 Å². The molecular weight excluding hydrogens is 192 g/mol. The first-order chi connectivity index (χ1) is 6.11. The van der Waals surface area contributed by atoms with Gasteiger partial charge in [0.1, 0.15) is 0 Å². The van der Waals surface area contributed by atoms with E-state index in [2.05, 4.69) is 6.58 Å². The summed E-state index contributed by atoms with van der Waals surface area (Å²) in [6.07, 6.45) is 1.12. The van der Waals surface area contributed by atoms with E-state index in [-0.39, 0.29) is 5.38 Å². The van der Waals surface area contributed by atoms with Gasteiger partial charge in [-0.05, 0) is 19.8 Å². The largest absolute Gasteiger partial charge is 0.431 e. The third-order valence-electron chi connectivity index (χ3n) is 1.77. The van der Waals surface area contributed by atoms with E-state index >= 15 is 0 Å². The van der Waals surface area contributed by atoms with E-state index in [0.29, 0.717) is 12.2 Å². The molecule has 1 aliphatic rings. The zero-order valence-corrected chi connectivity index (χ0v) is 8.34. The lowest BCUT2D eigenvalue weighted by molar-refractivity contribution is -0.180. The average molecular weight is 205 g/mol. The van der Waals surface area contributed by atoms with Gasteiger partial charge in [-0.1, -0.05) is 6.58 Å². The van der Waals surface area contributed by atoms with Crippen molar-refractivity contribution < 1.29 is 14.3 Å². The number of carbonyl (C=O) groups excluding carboxylic acids is 1. The van der Waals surface area contributed by atoms with E-state index in [0.717, 1.165) is 12.8 Å². The molecule has 0 radical (unpaired) electrons. The van der Waals surface area contributed by atoms with Crippen LogP contribution >= 0.6 is 11.6 Å². The van der Waals surface area contributed by atoms with Gasteiger partial charge in [-0.25, -0.2) is 4.79 Å². The summed E-state index contributed by atoms with van der Waals surface area (Å²) >= 11 is 5.90. The first-order valence-electron chi connectivity index (χ1n) is 4.23. The molecule has 0 bridgehead atoms. The lowest BCUT2D eigenvalue weighted by Crippen LogP contribution is -2.34. The molecule has 0 aliphatic carbocycles. The van der Waals surface area contributed by atoms with Crippen molar-refractivity contribution >= 4 is 17.6 Å². The molecule has 2 unspecified atom stereocenters. The van der Waals surface area contributed by atoms with Gasteiger partial charge in [0.15, 0.2) is 0 Å². The molecule has 74 valence electrons. The maximum Gasteiger partial charge on any atom is 0.335 e. The highest BCUT2D eigenvalue weighted by atomic mass is 35.5. The van der Waals surface area contributed by atoms with E-state index in [1.165, 1.54) is 0 Å². The molecule has 2 atom stereocenters. The number of halogens is 1. The molecule has 0 aromatic carbocycles. The Balaban J connectivity index is 2.42. The van der Waals surface area contributed by atoms with E-state index in [1.807, 2.05) is 0 Å². The predicted octanol–water partition coefficient (Wildman–Crippen LogP) is 1.85. The SMILES string of the molecule is C=C(C)C(=O)OC1OCCCC1Cl. The fraction of sp³-hybridized carbons (Fsp3) is 0.667. The molecule has 0 spiro atoms. The molecule has 13 heavy (non-hydrogen) atoms. The van der Waals surface area contributed by atoms with Gasteiger partial charge < -0.3 is 9.47 Å². The van der Waals surface area contributed by atoms with Crippen LogP contribution in [0.3, 0.4) is 0 Å². The molecule has 1 fully saturated rings. The molecule has 1 heterocycles. The third kappa shape index (κ3) is 3.01. The third-order valence-corrected chi connectivity index (χ3v) is 2.20. The van der Waals surface area contributed by atoms with Crippen molar-refractivity contribution in [3.8, 4) is 0 Å². The van der Waals surface area contributed by atoms with Crippen molar-refractivity contribution in [3.63, 3.8) is 0 Å². The second kappa shape index (κ2) is 4.63. The van der Waals surface area contributed by atoms with Gasteiger partial charge in [-0.2, -0.15) is 0 Å². The Bertz CT molecular complexity index is 215. The van der Waals surface area contributed by atoms with Crippen LogP contribution in [0.25, 0.3) is 0 Å². The maximum absolute atomic E-state index is 11.1. The quantitative estimate of drug-likeness (QED) is 0.391. The molecule has 0 saturated carbocycles. The average Bonchev–Trinajstić information content (AvgIpc) is 2.08. The molecule has 0 aromatic rings. The van der Waals surface area contributed by atoms with Crippen molar-refractivity contribution in [2.24, 2.45) is 0 Å². The first kappa shape index (κ1) is 10.5. The van der Waals surface area contributed by atoms with Crippen molar-refractivity contribution in [2.75, 3.05) is 6.61 Å². The van der Waals surface area contributed by atoms with Gasteiger partial charge in [-0.15, -0.1) is 11.6 Å². The van der Waals surface area contributed by atoms with Gasteiger partial charge in [0.05, 0.1) is 12.0 Å². The van der Waals surface area contributed by atoms with Gasteiger partial charge in [0.25, 0.3) is 0 Å². The summed E-state index contributed by atoms with van der Waals surface area (Å²) in [5.74, 6) is -0.447. The van der Waals surface area contributed by atoms with E-state index in [1.54, 1.807) is 6.92 Å². The monoisotopic (exact) mass is 204 g/mol. The smallest absolute Gasteiger partial charge is 0.335 e. The highest BCUT2D eigenvalue weighted by molar-refractivity contribution is 6.21. The lowest BCUT2D eigenvalue weighted by Gasteiger charge is -2.26. The van der Waals surface area contributed by atoms with Crippen molar-refractivity contribution in [3.05, 3.63) is 12.2 Å². The number of hydrogen-bond acceptors (Lipinski definition) is 3. The zero-order valence-electron chi connectivity index (χ0n) is 7.59. The van der Waals surface area contributed by atoms with Crippen LogP contribution in [-0.4, -0.2) is 24.2 Å². The van der Waals surface area contributed by atoms with Crippen LogP contribution in [0, 0.1) is 0 Å². The minimum atomic E-state index is -0.611. The molecule has 0 amide bonds. The Labute approximate surface area is 82.7 Å². The molecule has 0 N–H and O–H groups in total. The van der Waals surface area contributed by atoms with E-state index < -0.39 is 12.3 Å². The van der Waals surface area contributed by atoms with E-state index in [9.17, 15) is 4.79 Å². The summed E-state index contributed by atoms with van der Waals surface area (Å²) in [6.45, 7) is 5.66. The second-order valence-electron chi connectivity index (χ2n) is 3.08. The van der Waals surface area contributed by atoms with Crippen LogP contribution in [0.5, 0.6) is 0 Å². The summed E-state index contributed by atoms with van der Waals surface area (Å²) in [6, 6.07) is 0. The minimum absolute atomic E-state index is 0.239. The normalized spacial score (nSPS) is 28.2. The molecule has 0 aromatic heterocycles. The molecular formula is C9H13ClO3. The Hall–Kier alpha value is -0.540. The summed E-state index contributed by atoms with van der Waals surface area (Å²) in [5, 5.41) is -0.239. The first-order valence-corrected chi connectivity index (χ1v) is 4.67. The van der Waals surface area contributed by atoms with Crippen molar-refractivity contribution in [1.82, 2.24) is 0 Å². The van der Waals surface area contributed by atoms with Gasteiger partial charge >= 0.3 is 5.97 Å². The highest BCUT2D eigenvalue weighted by Crippen LogP contribution is 2.20. The van der Waals surface area contributed by atoms with Crippen LogP contribution in [0.4, 0.5) is 0 Å². The van der Waals surface area contributed by atoms with Crippen LogP contribution in [0.1, 0.15) is 19.8 Å². The molecule has 1 saturated heterocycles. The van der Waals surface area contributed by atoms with Gasteiger partial charge in [-0.3, -0.25) is 0 Å². The summed E-state index contributed by atoms with van der Waals surface area (Å²) in [4.78, 5) is 11.1. The predicted molar refractivity (Wildman–Crippen MR) is 49.5 cm³/mol. The Morgan fingerprint density at radius 2 is 2.38 bits per heavy atom. The summed E-state index contributed by atoms with van der Waals surface area (Å²) < 4.78 is 10.2. The lowest BCUT2D eigenvalue weighted by atomic mass is 10.2. The summed E-state index contributed by atoms with van der Waals surface area (Å²) in [7, 11) is 0. The molecule has 1 rings (SSSR count). The fourth-order valence-corrected chi connectivity index (χ4v) is 1.31. The van der Waals surface area contributed by atoms with Crippen molar-refractivity contribution in [2.45, 2.75) is 31.4 Å². The van der Waals surface area contributed by atoms with Crippen LogP contribution in [0.15, 0.2) is 12.2 Å². The number of ether oxygens (including phenoxy) is 2. The highest BCUT2D eigenvalue weighted by Gasteiger charge is 2.27. The van der Waals surface area contributed by atoms with Gasteiger partial charge in [0, 0.05) is 5.57 Å². The summed E-state index contributed by atoms with van der Waals surface area (Å²) in [5.41, 5.74) is 0.359. The Kier molecular flexibility index (Phi) is 3.75. The fourth-order valence-electron chi connectivity index (χ4n) is 1.03. The number of rotatable bonds is 2. The number of esters is 1. The minimum Gasteiger partial charge on any atom is -0.431 e. The van der Waals surface area contributed by atoms with Crippen LogP contribution < -0.4 is 0 Å². The Morgan fingerprint density at radius 3 is 2.92 bits per heavy atom. The molecule has 4 heteroatoms. The number of hydrogen-bond donors (Lipinski definition) is 0. The van der Waals surface area contributed by atoms with Gasteiger partial charge in [0.2, 0.25) is 6.29 Å². The maximum atomic E-state index is 11.1. The standard InChI is InChI=1S/C9H13ClO3/c1-6(2)8(11)13-9-7(10)4-3-5-12-9/h7,9H,1,3-5H2,2H3. The Morgan fingerprint density at radius 1 is 1.69 bits per heavy atom. The second-order valence-corrected chi connectivity index (χ2v) is 3.64. The topological polar surface area (TPSA) is 35.5 Å². The van der Waals surface area contributed by atoms with Crippen LogP contribution in [0.2, 0.25) is 0 Å². The molecule has 3 nitrogen and oxygen atoms in total.